The first kappa shape index (κ1) is 41.9. The lowest BCUT2D eigenvalue weighted by Crippen LogP contribution is -2.69. The van der Waals surface area contributed by atoms with Gasteiger partial charge in [0.25, 0.3) is 0 Å². The predicted molar refractivity (Wildman–Crippen MR) is 216 cm³/mol. The fourth-order valence-corrected chi connectivity index (χ4v) is 17.1. The van der Waals surface area contributed by atoms with Crippen LogP contribution in [0, 0.1) is 74.4 Å². The Balaban J connectivity index is 1.10. The second-order valence-corrected chi connectivity index (χ2v) is 24.8. The number of sulfone groups is 1. The molecule has 1 saturated heterocycles. The Labute approximate surface area is 333 Å². The van der Waals surface area contributed by atoms with Crippen molar-refractivity contribution in [2.75, 3.05) is 31.1 Å². The zero-order valence-corrected chi connectivity index (χ0v) is 36.8. The minimum absolute atomic E-state index is 0.0435. The highest BCUT2D eigenvalue weighted by Crippen LogP contribution is 2.76. The normalized spacial score (nSPS) is 46.9. The number of ether oxygens (including phenoxy) is 1. The van der Waals surface area contributed by atoms with E-state index in [9.17, 15) is 28.2 Å². The summed E-state index contributed by atoms with van der Waals surface area (Å²) in [5.74, 6) is 2.01. The minimum atomic E-state index is -2.99. The molecule has 0 amide bonds. The number of carbonyl (C=O) groups excluding carboxylic acids is 1. The summed E-state index contributed by atoms with van der Waals surface area (Å²) in [6.07, 6.45) is 11.2. The summed E-state index contributed by atoms with van der Waals surface area (Å²) in [7, 11) is -2.99. The number of carboxylic acid groups (broad SMARTS) is 1. The Bertz CT molecular complexity index is 1600. The van der Waals surface area contributed by atoms with Gasteiger partial charge in [-0.3, -0.25) is 14.5 Å². The predicted octanol–water partition coefficient (Wildman–Crippen LogP) is 7.20. The van der Waals surface area contributed by atoms with Crippen LogP contribution in [0.4, 0.5) is 0 Å². The van der Waals surface area contributed by atoms with Gasteiger partial charge in [0.05, 0.1) is 29.4 Å². The molecule has 9 nitrogen and oxygen atoms in total. The highest BCUT2D eigenvalue weighted by Gasteiger charge is 2.71. The van der Waals surface area contributed by atoms with Crippen LogP contribution >= 0.6 is 0 Å². The highest BCUT2D eigenvalue weighted by atomic mass is 32.2. The van der Waals surface area contributed by atoms with E-state index in [4.69, 9.17) is 4.74 Å². The quantitative estimate of drug-likeness (QED) is 0.208. The van der Waals surface area contributed by atoms with Crippen molar-refractivity contribution in [3.8, 4) is 0 Å². The van der Waals surface area contributed by atoms with Crippen molar-refractivity contribution in [1.82, 2.24) is 10.2 Å². The van der Waals surface area contributed by atoms with Crippen molar-refractivity contribution < 1.29 is 33.0 Å². The van der Waals surface area contributed by atoms with Gasteiger partial charge in [0.2, 0.25) is 0 Å². The zero-order valence-electron chi connectivity index (χ0n) is 36.0. The van der Waals surface area contributed by atoms with Gasteiger partial charge in [0, 0.05) is 36.6 Å². The molecular weight excluding hydrogens is 713 g/mol. The number of fused-ring (bicyclic) bond motifs is 7. The molecule has 0 aromatic rings. The van der Waals surface area contributed by atoms with Crippen molar-refractivity contribution >= 4 is 21.8 Å². The molecule has 7 fully saturated rings. The molecule has 1 heterocycles. The summed E-state index contributed by atoms with van der Waals surface area (Å²) < 4.78 is 31.0. The van der Waals surface area contributed by atoms with E-state index in [1.807, 2.05) is 20.8 Å². The molecule has 0 aromatic carbocycles. The molecule has 7 aliphatic rings. The molecule has 7 rings (SSSR count). The largest absolute Gasteiger partial charge is 0.481 e. The minimum Gasteiger partial charge on any atom is -0.481 e. The van der Waals surface area contributed by atoms with Crippen LogP contribution in [0.25, 0.3) is 0 Å². The van der Waals surface area contributed by atoms with Gasteiger partial charge in [-0.15, -0.1) is 0 Å². The van der Waals surface area contributed by atoms with Gasteiger partial charge < -0.3 is 20.3 Å². The molecule has 6 saturated carbocycles. The second-order valence-electron chi connectivity index (χ2n) is 22.5. The standard InChI is InChI=1S/C45H76N2O7S/c1-27(2)29-13-18-45(46-26-33(28(3)48)47-21-23-55(52,53)24-22-47)20-19-43(9)30(37(29)45)11-12-35-42(8)16-15-36(41(6,7)34(42)14-17-44(35,43)10)54-39(51)32-25-31(38(49)50)40(32,4)5/h27-37,46,48H,11-26H2,1-10H3,(H,49,50)/t28-,29+,30-,31+,32-,33-,34+,35-,36+,37-,42+,43-,44-,45+/m1/s1. The average Bonchev–Trinajstić information content (AvgIpc) is 3.46. The van der Waals surface area contributed by atoms with E-state index in [1.54, 1.807) is 0 Å². The molecule has 55 heavy (non-hydrogen) atoms. The summed E-state index contributed by atoms with van der Waals surface area (Å²) in [6, 6.07) is -0.0972. The lowest BCUT2D eigenvalue weighted by Gasteiger charge is -2.73. The first-order valence-electron chi connectivity index (χ1n) is 22.3. The third-order valence-corrected chi connectivity index (χ3v) is 21.1. The van der Waals surface area contributed by atoms with E-state index in [0.717, 1.165) is 25.7 Å². The molecule has 0 radical (unpaired) electrons. The van der Waals surface area contributed by atoms with Gasteiger partial charge in [-0.25, -0.2) is 8.42 Å². The Morgan fingerprint density at radius 2 is 1.47 bits per heavy atom. The number of hydrogen-bond donors (Lipinski definition) is 3. The van der Waals surface area contributed by atoms with Gasteiger partial charge in [0.1, 0.15) is 6.10 Å². The third kappa shape index (κ3) is 6.40. The van der Waals surface area contributed by atoms with Gasteiger partial charge in [-0.2, -0.15) is 0 Å². The Morgan fingerprint density at radius 3 is 2.07 bits per heavy atom. The van der Waals surface area contributed by atoms with E-state index in [0.29, 0.717) is 61.6 Å². The molecule has 0 aromatic heterocycles. The smallest absolute Gasteiger partial charge is 0.309 e. The first-order chi connectivity index (χ1) is 25.5. The molecule has 0 spiro atoms. The molecule has 3 N–H and O–H groups in total. The van der Waals surface area contributed by atoms with Gasteiger partial charge in [-0.05, 0) is 135 Å². The zero-order chi connectivity index (χ0) is 40.3. The second kappa shape index (κ2) is 13.9. The summed E-state index contributed by atoms with van der Waals surface area (Å²) in [6.45, 7) is 24.9. The Hall–Kier alpha value is -1.23. The van der Waals surface area contributed by atoms with Crippen LogP contribution in [0.2, 0.25) is 0 Å². The lowest BCUT2D eigenvalue weighted by atomic mass is 9.32. The molecule has 314 valence electrons. The topological polar surface area (TPSA) is 133 Å². The number of aliphatic carboxylic acids is 1. The van der Waals surface area contributed by atoms with Crippen molar-refractivity contribution in [2.45, 2.75) is 164 Å². The van der Waals surface area contributed by atoms with E-state index in [1.165, 1.54) is 38.5 Å². The van der Waals surface area contributed by atoms with Crippen molar-refractivity contribution in [1.29, 1.82) is 0 Å². The average molecular weight is 789 g/mol. The maximum atomic E-state index is 13.6. The van der Waals surface area contributed by atoms with Crippen LogP contribution in [0.1, 0.15) is 140 Å². The Kier molecular flexibility index (Phi) is 10.6. The number of rotatable bonds is 9. The number of aliphatic hydroxyl groups is 1. The van der Waals surface area contributed by atoms with Crippen LogP contribution in [0.5, 0.6) is 0 Å². The molecule has 1 aliphatic heterocycles. The van der Waals surface area contributed by atoms with Crippen molar-refractivity contribution in [2.24, 2.45) is 74.4 Å². The fraction of sp³-hybridized carbons (Fsp3) is 0.956. The molecule has 6 aliphatic carbocycles. The molecule has 14 atom stereocenters. The summed E-state index contributed by atoms with van der Waals surface area (Å²) in [4.78, 5) is 27.6. The SMILES string of the molecule is CC(C)[C@@H]1CC[C@]2(NC[C@H]([C@@H](C)O)N3CCS(=O)(=O)CC3)CC[C@]3(C)[C@H](CC[C@@H]4[C@@]5(C)CC[C@H](OC(=O)[C@H]6C[C@@H](C(=O)O)C6(C)C)C(C)(C)[C@@H]5CC[C@]43C)[C@@H]12. The van der Waals surface area contributed by atoms with Crippen molar-refractivity contribution in [3.63, 3.8) is 0 Å². The summed E-state index contributed by atoms with van der Waals surface area (Å²) in [5, 5.41) is 24.9. The van der Waals surface area contributed by atoms with Crippen LogP contribution < -0.4 is 5.32 Å². The van der Waals surface area contributed by atoms with Gasteiger partial charge >= 0.3 is 11.9 Å². The number of carbonyl (C=O) groups is 2. The summed E-state index contributed by atoms with van der Waals surface area (Å²) >= 11 is 0. The van der Waals surface area contributed by atoms with Crippen LogP contribution in [-0.2, 0) is 24.2 Å². The molecule has 10 heteroatoms. The van der Waals surface area contributed by atoms with Crippen LogP contribution in [0.15, 0.2) is 0 Å². The van der Waals surface area contributed by atoms with E-state index in [2.05, 4.69) is 58.7 Å². The highest BCUT2D eigenvalue weighted by molar-refractivity contribution is 7.91. The van der Waals surface area contributed by atoms with Crippen LogP contribution in [0.3, 0.4) is 0 Å². The molecule has 0 bridgehead atoms. The molecular formula is C45H76N2O7S. The molecule has 0 unspecified atom stereocenters. The summed E-state index contributed by atoms with van der Waals surface area (Å²) in [5.41, 5.74) is -0.131. The van der Waals surface area contributed by atoms with Gasteiger partial charge in [0.15, 0.2) is 9.84 Å². The first-order valence-corrected chi connectivity index (χ1v) is 24.1. The van der Waals surface area contributed by atoms with E-state index >= 15 is 0 Å². The fourth-order valence-electron chi connectivity index (χ4n) is 15.8. The van der Waals surface area contributed by atoms with Crippen LogP contribution in [-0.4, -0.2) is 90.4 Å². The third-order valence-electron chi connectivity index (χ3n) is 19.5. The number of nitrogens with zero attached hydrogens (tertiary/aromatic N) is 1. The number of carboxylic acids is 1. The number of aliphatic hydroxyl groups excluding tert-OH is 1. The van der Waals surface area contributed by atoms with Gasteiger partial charge in [-0.1, -0.05) is 62.3 Å². The Morgan fingerprint density at radius 1 is 0.800 bits per heavy atom. The van der Waals surface area contributed by atoms with E-state index < -0.39 is 33.2 Å². The monoisotopic (exact) mass is 789 g/mol. The lowest BCUT2D eigenvalue weighted by molar-refractivity contribution is -0.249. The maximum absolute atomic E-state index is 13.6. The number of esters is 1. The van der Waals surface area contributed by atoms with Crippen molar-refractivity contribution in [3.05, 3.63) is 0 Å². The number of nitrogens with one attached hydrogen (secondary N) is 1. The van der Waals surface area contributed by atoms with E-state index in [-0.39, 0.29) is 62.7 Å². The number of hydrogen-bond acceptors (Lipinski definition) is 8. The maximum Gasteiger partial charge on any atom is 0.309 e.